The molecule has 22 heteroatoms. The second-order valence-electron chi connectivity index (χ2n) is 13.0. The van der Waals surface area contributed by atoms with Gasteiger partial charge in [-0.05, 0) is 24.3 Å². The highest BCUT2D eigenvalue weighted by Gasteiger charge is 2.52. The molecular formula is C33H40O22. The molecule has 15 atom stereocenters. The molecule has 3 aliphatic heterocycles. The van der Waals surface area contributed by atoms with Crippen LogP contribution in [0.1, 0.15) is 0 Å². The number of benzene rings is 2. The highest BCUT2D eigenvalue weighted by Crippen LogP contribution is 2.45. The van der Waals surface area contributed by atoms with Crippen LogP contribution < -0.4 is 14.9 Å². The number of aromatic hydroxyl groups is 3. The molecule has 6 rings (SSSR count). The van der Waals surface area contributed by atoms with Crippen molar-refractivity contribution in [3.8, 4) is 40.1 Å². The smallest absolute Gasteiger partial charge is 0.239 e. The summed E-state index contributed by atoms with van der Waals surface area (Å²) in [4.78, 5) is 14.4. The van der Waals surface area contributed by atoms with Crippen LogP contribution in [-0.2, 0) is 18.9 Å². The summed E-state index contributed by atoms with van der Waals surface area (Å²) >= 11 is 0. The molecule has 14 N–H and O–H groups in total. The third kappa shape index (κ3) is 7.51. The Labute approximate surface area is 307 Å². The highest BCUT2D eigenvalue weighted by atomic mass is 16.8. The van der Waals surface area contributed by atoms with Crippen molar-refractivity contribution in [2.24, 2.45) is 0 Å². The predicted octanol–water partition coefficient (Wildman–Crippen LogP) is -5.24. The first kappa shape index (κ1) is 40.7. The number of fused-ring (bicyclic) bond motifs is 1. The average Bonchev–Trinajstić information content (AvgIpc) is 3.16. The molecule has 3 fully saturated rings. The molecular weight excluding hydrogens is 748 g/mol. The lowest BCUT2D eigenvalue weighted by Crippen LogP contribution is -2.65. The standard InChI is InChI=1S/C33H40O22/c34-6-13-17(40)21(44)24(47)31(49-13)53-27-12(39)5-11(38)16-20(43)29(26(52-28(16)27)9-1-3-10(37)4-2-9)54-33-30(23(46)19(42)15(8-36)51-33)55-32-25(48)22(45)18(41)14(7-35)50-32/h1-5,13-15,17-19,21-25,30-42,44-48H,6-8H2/t13-,14-,15-,17-,18-,19-,21+,22+,23+,24-,25-,30-,31+,32+,33+/m1/s1. The number of ether oxygens (including phenoxy) is 6. The second kappa shape index (κ2) is 16.3. The third-order valence-electron chi connectivity index (χ3n) is 9.45. The van der Waals surface area contributed by atoms with Gasteiger partial charge in [0.05, 0.1) is 19.8 Å². The van der Waals surface area contributed by atoms with E-state index in [1.807, 2.05) is 0 Å². The van der Waals surface area contributed by atoms with Gasteiger partial charge in [-0.2, -0.15) is 0 Å². The fourth-order valence-corrected chi connectivity index (χ4v) is 6.35. The molecule has 22 nitrogen and oxygen atoms in total. The first-order chi connectivity index (χ1) is 26.1. The van der Waals surface area contributed by atoms with Crippen molar-refractivity contribution in [2.75, 3.05) is 19.8 Å². The molecule has 3 saturated heterocycles. The SMILES string of the molecule is O=c1c(O[C@@H]2O[C@H](CO)[C@@H](O)[C@H](O)[C@H]2O[C@@H]2O[C@H](CO)[C@@H](O)[C@H](O)[C@H]2O)c(-c2ccc(O)cc2)oc2c(O[C@@H]3O[C@H](CO)[C@@H](O)[C@H](O)[C@H]3O)c(O)cc(O)c12. The maximum absolute atomic E-state index is 14.4. The monoisotopic (exact) mass is 788 g/mol. The van der Waals surface area contributed by atoms with Crippen molar-refractivity contribution in [3.63, 3.8) is 0 Å². The second-order valence-corrected chi connectivity index (χ2v) is 13.0. The van der Waals surface area contributed by atoms with Crippen LogP contribution in [-0.4, -0.2) is 183 Å². The van der Waals surface area contributed by atoms with E-state index in [2.05, 4.69) is 0 Å². The fourth-order valence-electron chi connectivity index (χ4n) is 6.35. The van der Waals surface area contributed by atoms with E-state index in [1.54, 1.807) is 0 Å². The number of hydrogen-bond acceptors (Lipinski definition) is 22. The van der Waals surface area contributed by atoms with Crippen LogP contribution in [0.4, 0.5) is 0 Å². The number of rotatable bonds is 10. The van der Waals surface area contributed by atoms with Crippen molar-refractivity contribution in [3.05, 3.63) is 40.6 Å². The molecule has 55 heavy (non-hydrogen) atoms. The summed E-state index contributed by atoms with van der Waals surface area (Å²) in [6.07, 6.45) is -27.9. The lowest BCUT2D eigenvalue weighted by atomic mass is 9.97. The number of hydrogen-bond donors (Lipinski definition) is 14. The maximum Gasteiger partial charge on any atom is 0.239 e. The molecule has 0 aliphatic carbocycles. The topological polar surface area (TPSA) is 369 Å². The molecule has 304 valence electrons. The Morgan fingerprint density at radius 2 is 1.05 bits per heavy atom. The van der Waals surface area contributed by atoms with Gasteiger partial charge >= 0.3 is 0 Å². The van der Waals surface area contributed by atoms with Crippen LogP contribution in [0, 0.1) is 0 Å². The van der Waals surface area contributed by atoms with Crippen molar-refractivity contribution in [1.29, 1.82) is 0 Å². The van der Waals surface area contributed by atoms with E-state index in [4.69, 9.17) is 32.8 Å². The molecule has 2 aromatic carbocycles. The average molecular weight is 789 g/mol. The lowest BCUT2D eigenvalue weighted by molar-refractivity contribution is -0.358. The summed E-state index contributed by atoms with van der Waals surface area (Å²) in [5, 5.41) is 144. The molecule has 0 spiro atoms. The van der Waals surface area contributed by atoms with E-state index in [-0.39, 0.29) is 11.3 Å². The van der Waals surface area contributed by atoms with Gasteiger partial charge < -0.3 is 104 Å². The minimum Gasteiger partial charge on any atom is -0.508 e. The van der Waals surface area contributed by atoms with Gasteiger partial charge in [-0.25, -0.2) is 0 Å². The van der Waals surface area contributed by atoms with Crippen LogP contribution in [0.25, 0.3) is 22.3 Å². The molecule has 3 aromatic rings. The molecule has 0 saturated carbocycles. The zero-order chi connectivity index (χ0) is 40.0. The summed E-state index contributed by atoms with van der Waals surface area (Å²) in [5.74, 6) is -4.25. The van der Waals surface area contributed by atoms with Gasteiger partial charge in [0, 0.05) is 11.6 Å². The van der Waals surface area contributed by atoms with Crippen molar-refractivity contribution in [1.82, 2.24) is 0 Å². The number of aliphatic hydroxyl groups excluding tert-OH is 11. The Bertz CT molecular complexity index is 1850. The Kier molecular flexibility index (Phi) is 12.0. The van der Waals surface area contributed by atoms with Crippen molar-refractivity contribution >= 4 is 11.0 Å². The maximum atomic E-state index is 14.4. The van der Waals surface area contributed by atoms with Gasteiger partial charge in [0.15, 0.2) is 29.5 Å². The summed E-state index contributed by atoms with van der Waals surface area (Å²) < 4.78 is 39.6. The van der Waals surface area contributed by atoms with Gasteiger partial charge in [-0.3, -0.25) is 4.79 Å². The number of aliphatic hydroxyl groups is 11. The van der Waals surface area contributed by atoms with E-state index in [1.165, 1.54) is 24.3 Å². The zero-order valence-corrected chi connectivity index (χ0v) is 28.2. The quantitative estimate of drug-likeness (QED) is 0.0912. The van der Waals surface area contributed by atoms with E-state index in [0.29, 0.717) is 6.07 Å². The van der Waals surface area contributed by atoms with E-state index < -0.39 is 157 Å². The van der Waals surface area contributed by atoms with E-state index in [0.717, 1.165) is 0 Å². The largest absolute Gasteiger partial charge is 0.508 e. The van der Waals surface area contributed by atoms with Crippen molar-refractivity contribution < 1.29 is 104 Å². The molecule has 0 bridgehead atoms. The lowest BCUT2D eigenvalue weighted by Gasteiger charge is -2.45. The Morgan fingerprint density at radius 1 is 0.564 bits per heavy atom. The third-order valence-corrected chi connectivity index (χ3v) is 9.45. The summed E-state index contributed by atoms with van der Waals surface area (Å²) in [6.45, 7) is -2.64. The van der Waals surface area contributed by atoms with Crippen LogP contribution in [0.2, 0.25) is 0 Å². The Morgan fingerprint density at radius 3 is 1.62 bits per heavy atom. The van der Waals surface area contributed by atoms with Gasteiger partial charge in [-0.15, -0.1) is 0 Å². The van der Waals surface area contributed by atoms with Crippen LogP contribution in [0.15, 0.2) is 39.5 Å². The van der Waals surface area contributed by atoms with Gasteiger partial charge in [0.2, 0.25) is 29.5 Å². The predicted molar refractivity (Wildman–Crippen MR) is 174 cm³/mol. The van der Waals surface area contributed by atoms with Gasteiger partial charge in [0.1, 0.15) is 84.0 Å². The van der Waals surface area contributed by atoms with Crippen LogP contribution >= 0.6 is 0 Å². The summed E-state index contributed by atoms with van der Waals surface area (Å²) in [6, 6.07) is 5.42. The van der Waals surface area contributed by atoms with Gasteiger partial charge in [-0.1, -0.05) is 0 Å². The van der Waals surface area contributed by atoms with E-state index >= 15 is 0 Å². The fraction of sp³-hybridized carbons (Fsp3) is 0.545. The van der Waals surface area contributed by atoms with E-state index in [9.17, 15) is 76.3 Å². The number of phenols is 3. The highest BCUT2D eigenvalue weighted by molar-refractivity contribution is 5.93. The normalized spacial score (nSPS) is 36.8. The molecule has 0 radical (unpaired) electrons. The molecule has 1 aromatic heterocycles. The molecule has 4 heterocycles. The van der Waals surface area contributed by atoms with Crippen molar-refractivity contribution in [2.45, 2.75) is 92.1 Å². The minimum atomic E-state index is -2.06. The Hall–Kier alpha value is -3.95. The number of phenolic OH excluding ortho intramolecular Hbond substituents is 3. The first-order valence-electron chi connectivity index (χ1n) is 16.7. The Balaban J connectivity index is 1.47. The molecule has 0 amide bonds. The zero-order valence-electron chi connectivity index (χ0n) is 28.2. The first-order valence-corrected chi connectivity index (χ1v) is 16.7. The molecule has 3 aliphatic rings. The minimum absolute atomic E-state index is 0.0464. The summed E-state index contributed by atoms with van der Waals surface area (Å²) in [5.41, 5.74) is -2.02. The molecule has 0 unspecified atom stereocenters. The summed E-state index contributed by atoms with van der Waals surface area (Å²) in [7, 11) is 0. The van der Waals surface area contributed by atoms with Gasteiger partial charge in [0.25, 0.3) is 0 Å². The van der Waals surface area contributed by atoms with Crippen LogP contribution in [0.5, 0.6) is 28.7 Å². The van der Waals surface area contributed by atoms with Crippen LogP contribution in [0.3, 0.4) is 0 Å².